The highest BCUT2D eigenvalue weighted by Gasteiger charge is 2.24. The third kappa shape index (κ3) is 5.13. The van der Waals surface area contributed by atoms with Gasteiger partial charge in [0.25, 0.3) is 0 Å². The molecule has 2 heteroatoms. The molecule has 0 radical (unpaired) electrons. The maximum atomic E-state index is 4.05. The van der Waals surface area contributed by atoms with Gasteiger partial charge in [-0.3, -0.25) is 0 Å². The van der Waals surface area contributed by atoms with Gasteiger partial charge < -0.3 is 9.80 Å². The van der Waals surface area contributed by atoms with Gasteiger partial charge in [0.1, 0.15) is 0 Å². The summed E-state index contributed by atoms with van der Waals surface area (Å²) in [5, 5.41) is 6.52. The van der Waals surface area contributed by atoms with Crippen molar-refractivity contribution in [2.45, 2.75) is 33.6 Å². The molecule has 6 aromatic rings. The highest BCUT2D eigenvalue weighted by Crippen LogP contribution is 2.43. The maximum absolute atomic E-state index is 4.05. The summed E-state index contributed by atoms with van der Waals surface area (Å²) >= 11 is 0. The van der Waals surface area contributed by atoms with E-state index in [1.165, 1.54) is 54.8 Å². The molecule has 7 rings (SSSR count). The van der Waals surface area contributed by atoms with Crippen molar-refractivity contribution in [2.24, 2.45) is 0 Å². The summed E-state index contributed by atoms with van der Waals surface area (Å²) in [5.41, 5.74) is 11.0. The molecule has 0 aliphatic heterocycles. The highest BCUT2D eigenvalue weighted by atomic mass is 15.2. The highest BCUT2D eigenvalue weighted by molar-refractivity contribution is 6.17. The van der Waals surface area contributed by atoms with Crippen molar-refractivity contribution in [1.82, 2.24) is 0 Å². The lowest BCUT2D eigenvalue weighted by Crippen LogP contribution is -2.29. The van der Waals surface area contributed by atoms with E-state index in [2.05, 4.69) is 171 Å². The molecule has 0 saturated heterocycles. The molecule has 0 unspecified atom stereocenters. The number of nitrogens with zero attached hydrogens (tertiary/aromatic N) is 2. The van der Waals surface area contributed by atoms with Crippen LogP contribution in [0.25, 0.3) is 27.2 Å². The van der Waals surface area contributed by atoms with Crippen LogP contribution in [-0.4, -0.2) is 0 Å². The second kappa shape index (κ2) is 12.0. The van der Waals surface area contributed by atoms with Gasteiger partial charge in [-0.1, -0.05) is 103 Å². The summed E-state index contributed by atoms with van der Waals surface area (Å²) in [5.74, 6) is 0. The first-order valence-electron chi connectivity index (χ1n) is 15.8. The fraction of sp³-hybridized carbons (Fsp3) is 0.116. The van der Waals surface area contributed by atoms with Gasteiger partial charge in [0, 0.05) is 39.1 Å². The van der Waals surface area contributed by atoms with Crippen LogP contribution in [-0.2, 0) is 6.42 Å². The van der Waals surface area contributed by atoms with Gasteiger partial charge in [-0.05, 0) is 110 Å². The Morgan fingerprint density at radius 2 is 1.33 bits per heavy atom. The zero-order valence-electron chi connectivity index (χ0n) is 26.3. The van der Waals surface area contributed by atoms with Gasteiger partial charge in [-0.15, -0.1) is 0 Å². The quantitative estimate of drug-likeness (QED) is 0.165. The minimum atomic E-state index is 0.951. The number of benzene rings is 6. The zero-order chi connectivity index (χ0) is 30.9. The predicted octanol–water partition coefficient (Wildman–Crippen LogP) is 11.0. The minimum Gasteiger partial charge on any atom is -0.314 e. The smallest absolute Gasteiger partial charge is 0.0540 e. The van der Waals surface area contributed by atoms with Crippen LogP contribution in [0.2, 0.25) is 0 Å². The van der Waals surface area contributed by atoms with Crippen molar-refractivity contribution in [3.05, 3.63) is 174 Å². The van der Waals surface area contributed by atoms with Crippen LogP contribution in [0.1, 0.15) is 30.0 Å². The minimum absolute atomic E-state index is 0.951. The van der Waals surface area contributed by atoms with E-state index in [1.807, 2.05) is 6.08 Å². The lowest BCUT2D eigenvalue weighted by Gasteiger charge is -2.32. The number of anilines is 4. The second-order valence-electron chi connectivity index (χ2n) is 11.9. The molecular weight excluding hydrogens is 544 g/mol. The standard InChI is InChI=1S/C43H38N2/c1-5-10-34(11-6-2)44(36-22-14-30(3)15-23-36)40-28-20-32-19-27-39-41(29-21-33-18-26-38(40)42(32)43(33)39)45(35-12-8-7-9-13-35)37-24-16-31(4)17-25-37/h5-19,21-27,29H,1,20,28H2,2-4H3/b11-6-,34-10+. The van der Waals surface area contributed by atoms with Crippen molar-refractivity contribution in [2.75, 3.05) is 9.80 Å². The molecule has 1 aliphatic carbocycles. The summed E-state index contributed by atoms with van der Waals surface area (Å²) < 4.78 is 0. The largest absolute Gasteiger partial charge is 0.314 e. The van der Waals surface area contributed by atoms with Crippen LogP contribution < -0.4 is 15.0 Å². The summed E-state index contributed by atoms with van der Waals surface area (Å²) in [6.07, 6.45) is 10.2. The number of hydrogen-bond donors (Lipinski definition) is 0. The van der Waals surface area contributed by atoms with E-state index >= 15 is 0 Å². The number of para-hydroxylation sites is 1. The molecule has 2 nitrogen and oxygen atoms in total. The molecule has 0 fully saturated rings. The Balaban J connectivity index is 1.53. The van der Waals surface area contributed by atoms with Crippen LogP contribution in [0.3, 0.4) is 0 Å². The maximum Gasteiger partial charge on any atom is 0.0540 e. The monoisotopic (exact) mass is 582 g/mol. The van der Waals surface area contributed by atoms with Gasteiger partial charge in [0.2, 0.25) is 0 Å². The van der Waals surface area contributed by atoms with Crippen LogP contribution >= 0.6 is 0 Å². The van der Waals surface area contributed by atoms with Gasteiger partial charge in [-0.25, -0.2) is 0 Å². The summed E-state index contributed by atoms with van der Waals surface area (Å²) in [6, 6.07) is 42.4. The van der Waals surface area contributed by atoms with E-state index in [4.69, 9.17) is 0 Å². The Kier molecular flexibility index (Phi) is 7.57. The van der Waals surface area contributed by atoms with Gasteiger partial charge in [0.05, 0.1) is 5.69 Å². The van der Waals surface area contributed by atoms with E-state index in [0.29, 0.717) is 0 Å². The Morgan fingerprint density at radius 1 is 0.667 bits per heavy atom. The number of rotatable bonds is 8. The van der Waals surface area contributed by atoms with E-state index in [-0.39, 0.29) is 0 Å². The third-order valence-electron chi connectivity index (χ3n) is 8.91. The van der Waals surface area contributed by atoms with Crippen molar-refractivity contribution in [3.8, 4) is 0 Å². The Bertz CT molecular complexity index is 2130. The van der Waals surface area contributed by atoms with Gasteiger partial charge >= 0.3 is 0 Å². The molecule has 0 atom stereocenters. The number of allylic oxidation sites excluding steroid dienone is 4. The van der Waals surface area contributed by atoms with Gasteiger partial charge in [0.15, 0.2) is 0 Å². The fourth-order valence-corrected chi connectivity index (χ4v) is 6.82. The van der Waals surface area contributed by atoms with E-state index in [0.717, 1.165) is 35.6 Å². The van der Waals surface area contributed by atoms with Crippen molar-refractivity contribution < 1.29 is 0 Å². The first-order valence-corrected chi connectivity index (χ1v) is 15.8. The fourth-order valence-electron chi connectivity index (χ4n) is 6.82. The first kappa shape index (κ1) is 28.4. The van der Waals surface area contributed by atoms with Crippen molar-refractivity contribution in [1.29, 1.82) is 0 Å². The summed E-state index contributed by atoms with van der Waals surface area (Å²) in [7, 11) is 0. The van der Waals surface area contributed by atoms with Gasteiger partial charge in [-0.2, -0.15) is 0 Å². The molecule has 6 aromatic carbocycles. The molecule has 0 N–H and O–H groups in total. The second-order valence-corrected chi connectivity index (χ2v) is 11.9. The molecule has 0 aromatic heterocycles. The molecule has 0 heterocycles. The topological polar surface area (TPSA) is 6.48 Å². The lowest BCUT2D eigenvalue weighted by atomic mass is 9.87. The molecule has 1 aliphatic rings. The molecule has 45 heavy (non-hydrogen) atoms. The summed E-state index contributed by atoms with van der Waals surface area (Å²) in [4.78, 5) is 4.83. The van der Waals surface area contributed by atoms with E-state index < -0.39 is 0 Å². The SMILES string of the molecule is C=C/C=C(\C=C/C)N(C1=c2ccc3ccc(N(c4ccccc4)c4ccc(C)cc4)c4ccc(c2c34)CC1)c1ccc(C)cc1. The van der Waals surface area contributed by atoms with E-state index in [9.17, 15) is 0 Å². The number of aryl methyl sites for hydroxylation is 3. The van der Waals surface area contributed by atoms with Crippen molar-refractivity contribution in [3.63, 3.8) is 0 Å². The van der Waals surface area contributed by atoms with Crippen molar-refractivity contribution >= 4 is 50.0 Å². The molecule has 220 valence electrons. The average molecular weight is 583 g/mol. The molecule has 0 saturated carbocycles. The van der Waals surface area contributed by atoms with Crippen LogP contribution in [0, 0.1) is 13.8 Å². The Morgan fingerprint density at radius 3 is 2.02 bits per heavy atom. The normalized spacial score (nSPS) is 13.1. The molecule has 0 spiro atoms. The van der Waals surface area contributed by atoms with E-state index in [1.54, 1.807) is 0 Å². The first-order chi connectivity index (χ1) is 22.1. The predicted molar refractivity (Wildman–Crippen MR) is 195 cm³/mol. The molecular formula is C43H38N2. The van der Waals surface area contributed by atoms with Crippen LogP contribution in [0.5, 0.6) is 0 Å². The average Bonchev–Trinajstić information content (AvgIpc) is 3.07. The van der Waals surface area contributed by atoms with Crippen LogP contribution in [0.15, 0.2) is 152 Å². The Hall–Kier alpha value is -5.34. The summed E-state index contributed by atoms with van der Waals surface area (Å²) in [6.45, 7) is 10.4. The third-order valence-corrected chi connectivity index (χ3v) is 8.91. The molecule has 0 amide bonds. The Labute approximate surface area is 266 Å². The lowest BCUT2D eigenvalue weighted by molar-refractivity contribution is 0.962. The molecule has 0 bridgehead atoms. The zero-order valence-corrected chi connectivity index (χ0v) is 26.3. The number of hydrogen-bond acceptors (Lipinski definition) is 2. The van der Waals surface area contributed by atoms with Crippen LogP contribution in [0.4, 0.5) is 22.7 Å².